The second-order valence-corrected chi connectivity index (χ2v) is 6.74. The first kappa shape index (κ1) is 13.1. The lowest BCUT2D eigenvalue weighted by Gasteiger charge is -2.02. The number of nitrogens with zero attached hydrogens (tertiary/aromatic N) is 1. The Kier molecular flexibility index (Phi) is 4.00. The maximum Gasteiger partial charge on any atom is 0.271 e. The van der Waals surface area contributed by atoms with Gasteiger partial charge in [0.15, 0.2) is 0 Å². The Morgan fingerprint density at radius 3 is 2.94 bits per heavy atom. The summed E-state index contributed by atoms with van der Waals surface area (Å²) >= 11 is 1.28. The van der Waals surface area contributed by atoms with Crippen molar-refractivity contribution in [3.63, 3.8) is 0 Å². The van der Waals surface area contributed by atoms with Gasteiger partial charge in [0.25, 0.3) is 10.0 Å². The minimum atomic E-state index is -3.50. The summed E-state index contributed by atoms with van der Waals surface area (Å²) in [5, 5.41) is 9.27. The van der Waals surface area contributed by atoms with Crippen LogP contribution in [0.5, 0.6) is 0 Å². The second kappa shape index (κ2) is 5.51. The summed E-state index contributed by atoms with van der Waals surface area (Å²) in [6, 6.07) is 3.46. The molecule has 0 saturated carbocycles. The van der Waals surface area contributed by atoms with Crippen LogP contribution in [0.4, 0.5) is 5.69 Å². The molecule has 0 aliphatic heterocycles. The molecule has 0 aliphatic rings. The van der Waals surface area contributed by atoms with Crippen molar-refractivity contribution in [1.29, 1.82) is 0 Å². The van der Waals surface area contributed by atoms with Gasteiger partial charge in [0.2, 0.25) is 0 Å². The highest BCUT2D eigenvalue weighted by Gasteiger charge is 2.17. The predicted molar refractivity (Wildman–Crippen MR) is 71.3 cm³/mol. The van der Waals surface area contributed by atoms with Crippen molar-refractivity contribution in [2.45, 2.75) is 10.6 Å². The number of sulfonamides is 1. The third-order valence-corrected chi connectivity index (χ3v) is 5.29. The Hall–Kier alpha value is -1.38. The monoisotopic (exact) mass is 286 g/mol. The van der Waals surface area contributed by atoms with Crippen LogP contribution in [0, 0.1) is 0 Å². The van der Waals surface area contributed by atoms with Crippen molar-refractivity contribution < 1.29 is 8.42 Å². The smallest absolute Gasteiger partial charge is 0.271 e. The minimum Gasteiger partial charge on any atom is -0.319 e. The van der Waals surface area contributed by atoms with Gasteiger partial charge in [-0.1, -0.05) is 0 Å². The van der Waals surface area contributed by atoms with Crippen molar-refractivity contribution in [2.24, 2.45) is 0 Å². The predicted octanol–water partition coefficient (Wildman–Crippen LogP) is 1.03. The Morgan fingerprint density at radius 1 is 1.44 bits per heavy atom. The number of aromatic nitrogens is 2. The SMILES string of the molecule is CNCCc1ccc(S(=O)(=O)Nc2cn[nH]c2)s1. The number of thiophene rings is 1. The maximum atomic E-state index is 12.0. The summed E-state index contributed by atoms with van der Waals surface area (Å²) in [5.41, 5.74) is 0.431. The molecule has 2 aromatic rings. The molecule has 2 aromatic heterocycles. The second-order valence-electron chi connectivity index (χ2n) is 3.67. The zero-order valence-corrected chi connectivity index (χ0v) is 11.4. The largest absolute Gasteiger partial charge is 0.319 e. The number of hydrogen-bond acceptors (Lipinski definition) is 5. The van der Waals surface area contributed by atoms with E-state index in [2.05, 4.69) is 20.2 Å². The fourth-order valence-corrected chi connectivity index (χ4v) is 3.79. The summed E-state index contributed by atoms with van der Waals surface area (Å²) in [7, 11) is -1.63. The topological polar surface area (TPSA) is 86.9 Å². The average molecular weight is 286 g/mol. The van der Waals surface area contributed by atoms with E-state index in [1.165, 1.54) is 23.7 Å². The molecular formula is C10H14N4O2S2. The molecule has 18 heavy (non-hydrogen) atoms. The van der Waals surface area contributed by atoms with Crippen molar-refractivity contribution >= 4 is 27.0 Å². The quantitative estimate of drug-likeness (QED) is 0.740. The van der Waals surface area contributed by atoms with Crippen LogP contribution in [-0.4, -0.2) is 32.2 Å². The number of likely N-dealkylation sites (N-methyl/N-ethyl adjacent to an activating group) is 1. The standard InChI is InChI=1S/C10H14N4O2S2/c1-11-5-4-9-2-3-10(17-9)18(15,16)14-8-6-12-13-7-8/h2-3,6-7,11,14H,4-5H2,1H3,(H,12,13). The summed E-state index contributed by atoms with van der Waals surface area (Å²) in [5.74, 6) is 0. The third-order valence-electron chi connectivity index (χ3n) is 2.27. The average Bonchev–Trinajstić information content (AvgIpc) is 2.96. The Labute approximate surface area is 109 Å². The Morgan fingerprint density at radius 2 is 2.28 bits per heavy atom. The number of hydrogen-bond donors (Lipinski definition) is 3. The van der Waals surface area contributed by atoms with Gasteiger partial charge in [-0.2, -0.15) is 5.10 Å². The lowest BCUT2D eigenvalue weighted by molar-refractivity contribution is 0.603. The van der Waals surface area contributed by atoms with Gasteiger partial charge in [0.05, 0.1) is 11.9 Å². The first-order valence-electron chi connectivity index (χ1n) is 5.37. The van der Waals surface area contributed by atoms with Gasteiger partial charge in [-0.05, 0) is 32.1 Å². The minimum absolute atomic E-state index is 0.315. The highest BCUT2D eigenvalue weighted by Crippen LogP contribution is 2.23. The first-order chi connectivity index (χ1) is 8.62. The van der Waals surface area contributed by atoms with E-state index < -0.39 is 10.0 Å². The summed E-state index contributed by atoms with van der Waals surface area (Å²) in [4.78, 5) is 1.04. The van der Waals surface area contributed by atoms with Crippen LogP contribution in [0.1, 0.15) is 4.88 Å². The number of aromatic amines is 1. The maximum absolute atomic E-state index is 12.0. The van der Waals surface area contributed by atoms with Crippen LogP contribution in [0.3, 0.4) is 0 Å². The number of H-pyrrole nitrogens is 1. The van der Waals surface area contributed by atoms with E-state index in [0.717, 1.165) is 17.8 Å². The number of anilines is 1. The molecule has 8 heteroatoms. The van der Waals surface area contributed by atoms with Crippen LogP contribution in [0.25, 0.3) is 0 Å². The van der Waals surface area contributed by atoms with E-state index in [1.54, 1.807) is 6.07 Å². The van der Waals surface area contributed by atoms with Gasteiger partial charge in [0.1, 0.15) is 4.21 Å². The van der Waals surface area contributed by atoms with E-state index in [9.17, 15) is 8.42 Å². The summed E-state index contributed by atoms with van der Waals surface area (Å²) < 4.78 is 26.8. The van der Waals surface area contributed by atoms with Gasteiger partial charge in [-0.15, -0.1) is 11.3 Å². The van der Waals surface area contributed by atoms with Gasteiger partial charge in [0, 0.05) is 11.1 Å². The molecule has 0 bridgehead atoms. The van der Waals surface area contributed by atoms with Crippen LogP contribution >= 0.6 is 11.3 Å². The van der Waals surface area contributed by atoms with Gasteiger partial charge in [-0.25, -0.2) is 8.42 Å². The fourth-order valence-electron chi connectivity index (χ4n) is 1.40. The fraction of sp³-hybridized carbons (Fsp3) is 0.300. The Bertz CT molecular complexity index is 589. The molecule has 6 nitrogen and oxygen atoms in total. The van der Waals surface area contributed by atoms with Gasteiger partial charge >= 0.3 is 0 Å². The van der Waals surface area contributed by atoms with Crippen LogP contribution in [0.2, 0.25) is 0 Å². The molecule has 0 atom stereocenters. The van der Waals surface area contributed by atoms with Crippen LogP contribution in [0.15, 0.2) is 28.7 Å². The van der Waals surface area contributed by atoms with E-state index in [0.29, 0.717) is 9.90 Å². The lowest BCUT2D eigenvalue weighted by Crippen LogP contribution is -2.11. The molecule has 0 aliphatic carbocycles. The van der Waals surface area contributed by atoms with E-state index in [4.69, 9.17) is 0 Å². The zero-order chi connectivity index (χ0) is 13.0. The molecule has 98 valence electrons. The van der Waals surface area contributed by atoms with Crippen molar-refractivity contribution in [1.82, 2.24) is 15.5 Å². The van der Waals surface area contributed by atoms with Crippen molar-refractivity contribution in [2.75, 3.05) is 18.3 Å². The molecule has 0 saturated heterocycles. The van der Waals surface area contributed by atoms with Gasteiger partial charge in [-0.3, -0.25) is 9.82 Å². The molecular weight excluding hydrogens is 272 g/mol. The highest BCUT2D eigenvalue weighted by molar-refractivity contribution is 7.94. The molecule has 0 amide bonds. The van der Waals surface area contributed by atoms with E-state index in [-0.39, 0.29) is 0 Å². The Balaban J connectivity index is 2.12. The molecule has 0 spiro atoms. The molecule has 0 fully saturated rings. The van der Waals surface area contributed by atoms with Crippen molar-refractivity contribution in [3.8, 4) is 0 Å². The highest BCUT2D eigenvalue weighted by atomic mass is 32.2. The van der Waals surface area contributed by atoms with Crippen LogP contribution in [-0.2, 0) is 16.4 Å². The normalized spacial score (nSPS) is 11.6. The third kappa shape index (κ3) is 3.09. The molecule has 3 N–H and O–H groups in total. The first-order valence-corrected chi connectivity index (χ1v) is 7.67. The number of rotatable bonds is 6. The van der Waals surface area contributed by atoms with Gasteiger partial charge < -0.3 is 5.32 Å². The lowest BCUT2D eigenvalue weighted by atomic mass is 10.3. The molecule has 0 unspecified atom stereocenters. The zero-order valence-electron chi connectivity index (χ0n) is 9.80. The molecule has 0 aromatic carbocycles. The summed E-state index contributed by atoms with van der Waals surface area (Å²) in [6.45, 7) is 0.829. The number of nitrogens with one attached hydrogen (secondary N) is 3. The summed E-state index contributed by atoms with van der Waals surface area (Å²) in [6.07, 6.45) is 3.74. The van der Waals surface area contributed by atoms with E-state index >= 15 is 0 Å². The molecule has 2 rings (SSSR count). The van der Waals surface area contributed by atoms with Crippen molar-refractivity contribution in [3.05, 3.63) is 29.4 Å². The van der Waals surface area contributed by atoms with E-state index in [1.807, 2.05) is 13.1 Å². The molecule has 2 heterocycles. The molecule has 0 radical (unpaired) electrons. The van der Waals surface area contributed by atoms with Crippen LogP contribution < -0.4 is 10.0 Å².